The lowest BCUT2D eigenvalue weighted by atomic mass is 10.3. The van der Waals surface area contributed by atoms with E-state index in [9.17, 15) is 9.59 Å². The molecular weight excluding hydrogens is 389 g/mol. The van der Waals surface area contributed by atoms with E-state index in [0.717, 1.165) is 0 Å². The molecule has 1 amide bonds. The second-order valence-corrected chi connectivity index (χ2v) is 6.34. The van der Waals surface area contributed by atoms with Crippen molar-refractivity contribution in [1.29, 1.82) is 0 Å². The Hall–Kier alpha value is -1.95. The third-order valence-corrected chi connectivity index (χ3v) is 3.64. The minimum absolute atomic E-state index is 0.379. The first-order valence-corrected chi connectivity index (χ1v) is 8.31. The number of hydrogen-bond donors (Lipinski definition) is 1. The van der Waals surface area contributed by atoms with Gasteiger partial charge in [-0.15, -0.1) is 0 Å². The Morgan fingerprint density at radius 1 is 1.00 bits per heavy atom. The van der Waals surface area contributed by atoms with Crippen LogP contribution in [0.15, 0.2) is 42.5 Å². The molecule has 1 unspecified atom stereocenters. The van der Waals surface area contributed by atoms with Crippen molar-refractivity contribution in [3.8, 4) is 5.75 Å². The molecule has 25 heavy (non-hydrogen) atoms. The molecule has 1 atom stereocenters. The molecule has 0 heterocycles. The molecule has 1 N–H and O–H groups in total. The SMILES string of the molecule is CC(Oc1ccc(Cl)cc1)C(=O)OCC(=O)Nc1cc(Cl)cc(Cl)c1. The van der Waals surface area contributed by atoms with E-state index in [1.165, 1.54) is 25.1 Å². The van der Waals surface area contributed by atoms with Crippen molar-refractivity contribution < 1.29 is 19.1 Å². The highest BCUT2D eigenvalue weighted by atomic mass is 35.5. The first-order valence-electron chi connectivity index (χ1n) is 7.18. The molecule has 0 bridgehead atoms. The van der Waals surface area contributed by atoms with E-state index < -0.39 is 24.6 Å². The number of rotatable bonds is 6. The summed E-state index contributed by atoms with van der Waals surface area (Å²) in [7, 11) is 0. The molecule has 2 aromatic carbocycles. The molecule has 0 fully saturated rings. The zero-order valence-electron chi connectivity index (χ0n) is 13.1. The number of esters is 1. The molecule has 0 radical (unpaired) electrons. The summed E-state index contributed by atoms with van der Waals surface area (Å²) in [6, 6.07) is 11.1. The fourth-order valence-electron chi connectivity index (χ4n) is 1.84. The summed E-state index contributed by atoms with van der Waals surface area (Å²) >= 11 is 17.5. The van der Waals surface area contributed by atoms with E-state index in [4.69, 9.17) is 44.3 Å². The van der Waals surface area contributed by atoms with Crippen LogP contribution in [0.2, 0.25) is 15.1 Å². The van der Waals surface area contributed by atoms with Gasteiger partial charge in [0.25, 0.3) is 5.91 Å². The summed E-state index contributed by atoms with van der Waals surface area (Å²) in [5.41, 5.74) is 0.406. The third kappa shape index (κ3) is 6.46. The summed E-state index contributed by atoms with van der Waals surface area (Å²) in [4.78, 5) is 23.7. The number of hydrogen-bond acceptors (Lipinski definition) is 4. The smallest absolute Gasteiger partial charge is 0.347 e. The molecule has 2 aromatic rings. The van der Waals surface area contributed by atoms with E-state index in [2.05, 4.69) is 5.32 Å². The number of benzene rings is 2. The Bertz CT molecular complexity index is 745. The average molecular weight is 403 g/mol. The van der Waals surface area contributed by atoms with Gasteiger partial charge in [-0.05, 0) is 49.4 Å². The normalized spacial score (nSPS) is 11.5. The second-order valence-electron chi connectivity index (χ2n) is 5.03. The van der Waals surface area contributed by atoms with Crippen molar-refractivity contribution in [2.45, 2.75) is 13.0 Å². The Morgan fingerprint density at radius 3 is 2.20 bits per heavy atom. The van der Waals surface area contributed by atoms with Crippen LogP contribution < -0.4 is 10.1 Å². The van der Waals surface area contributed by atoms with E-state index in [1.54, 1.807) is 24.3 Å². The minimum Gasteiger partial charge on any atom is -0.479 e. The molecule has 5 nitrogen and oxygen atoms in total. The Morgan fingerprint density at radius 2 is 1.60 bits per heavy atom. The summed E-state index contributed by atoms with van der Waals surface area (Å²) in [5, 5.41) is 3.85. The van der Waals surface area contributed by atoms with Crippen LogP contribution >= 0.6 is 34.8 Å². The molecule has 0 saturated carbocycles. The molecule has 0 spiro atoms. The topological polar surface area (TPSA) is 64.6 Å². The van der Waals surface area contributed by atoms with Crippen LogP contribution in [-0.4, -0.2) is 24.6 Å². The van der Waals surface area contributed by atoms with E-state index in [1.807, 2.05) is 0 Å². The lowest BCUT2D eigenvalue weighted by molar-refractivity contribution is -0.153. The Balaban J connectivity index is 1.81. The molecule has 8 heteroatoms. The van der Waals surface area contributed by atoms with Crippen LogP contribution in [-0.2, 0) is 14.3 Å². The molecule has 2 rings (SSSR count). The average Bonchev–Trinajstić information content (AvgIpc) is 2.53. The van der Waals surface area contributed by atoms with Gasteiger partial charge in [-0.1, -0.05) is 34.8 Å². The zero-order valence-corrected chi connectivity index (χ0v) is 15.4. The predicted octanol–water partition coefficient (Wildman–Crippen LogP) is 4.60. The molecular formula is C17H14Cl3NO4. The minimum atomic E-state index is -0.880. The third-order valence-electron chi connectivity index (χ3n) is 2.95. The maximum Gasteiger partial charge on any atom is 0.347 e. The summed E-state index contributed by atoms with van der Waals surface area (Å²) in [6.07, 6.45) is -0.880. The summed E-state index contributed by atoms with van der Waals surface area (Å²) in [5.74, 6) is -0.730. The number of nitrogens with one attached hydrogen (secondary N) is 1. The lowest BCUT2D eigenvalue weighted by Crippen LogP contribution is -2.29. The maximum atomic E-state index is 11.9. The molecule has 0 aliphatic rings. The van der Waals surface area contributed by atoms with Gasteiger partial charge in [0.1, 0.15) is 5.75 Å². The maximum absolute atomic E-state index is 11.9. The molecule has 0 aliphatic carbocycles. The van der Waals surface area contributed by atoms with Crippen molar-refractivity contribution in [1.82, 2.24) is 0 Å². The monoisotopic (exact) mass is 401 g/mol. The van der Waals surface area contributed by atoms with Gasteiger partial charge in [0.15, 0.2) is 12.7 Å². The Labute approximate surface area is 159 Å². The largest absolute Gasteiger partial charge is 0.479 e. The van der Waals surface area contributed by atoms with Crippen molar-refractivity contribution in [2.24, 2.45) is 0 Å². The molecule has 0 saturated heterocycles. The van der Waals surface area contributed by atoms with Gasteiger partial charge in [-0.2, -0.15) is 0 Å². The van der Waals surface area contributed by atoms with Crippen LogP contribution in [0.3, 0.4) is 0 Å². The number of ether oxygens (including phenoxy) is 2. The van der Waals surface area contributed by atoms with Gasteiger partial charge >= 0.3 is 5.97 Å². The highest BCUT2D eigenvalue weighted by molar-refractivity contribution is 6.35. The van der Waals surface area contributed by atoms with E-state index in [0.29, 0.717) is 26.5 Å². The van der Waals surface area contributed by atoms with Gasteiger partial charge in [0.05, 0.1) is 0 Å². The van der Waals surface area contributed by atoms with Crippen LogP contribution in [0.25, 0.3) is 0 Å². The predicted molar refractivity (Wildman–Crippen MR) is 97.6 cm³/mol. The number of halogens is 3. The van der Waals surface area contributed by atoms with Crippen molar-refractivity contribution in [3.63, 3.8) is 0 Å². The van der Waals surface area contributed by atoms with Gasteiger partial charge in [-0.25, -0.2) is 4.79 Å². The van der Waals surface area contributed by atoms with E-state index >= 15 is 0 Å². The first-order chi connectivity index (χ1) is 11.8. The lowest BCUT2D eigenvalue weighted by Gasteiger charge is -2.14. The van der Waals surface area contributed by atoms with Crippen LogP contribution in [0, 0.1) is 0 Å². The van der Waals surface area contributed by atoms with E-state index in [-0.39, 0.29) is 0 Å². The zero-order chi connectivity index (χ0) is 18.4. The first kappa shape index (κ1) is 19.4. The molecule has 132 valence electrons. The highest BCUT2D eigenvalue weighted by Gasteiger charge is 2.18. The van der Waals surface area contributed by atoms with Crippen LogP contribution in [0.1, 0.15) is 6.92 Å². The Kier molecular flexibility index (Phi) is 6.93. The summed E-state index contributed by atoms with van der Waals surface area (Å²) in [6.45, 7) is 1.06. The fourth-order valence-corrected chi connectivity index (χ4v) is 2.49. The van der Waals surface area contributed by atoms with Crippen molar-refractivity contribution in [2.75, 3.05) is 11.9 Å². The van der Waals surface area contributed by atoms with Crippen LogP contribution in [0.4, 0.5) is 5.69 Å². The van der Waals surface area contributed by atoms with Gasteiger partial charge in [0.2, 0.25) is 0 Å². The molecule has 0 aromatic heterocycles. The number of anilines is 1. The van der Waals surface area contributed by atoms with Crippen LogP contribution in [0.5, 0.6) is 5.75 Å². The van der Waals surface area contributed by atoms with Crippen molar-refractivity contribution >= 4 is 52.4 Å². The number of carbonyl (C=O) groups excluding carboxylic acids is 2. The standard InChI is InChI=1S/C17H14Cl3NO4/c1-10(25-15-4-2-11(18)3-5-15)17(23)24-9-16(22)21-14-7-12(19)6-13(20)8-14/h2-8,10H,9H2,1H3,(H,21,22). The number of carbonyl (C=O) groups is 2. The van der Waals surface area contributed by atoms with Gasteiger partial charge in [0, 0.05) is 20.8 Å². The number of amides is 1. The molecule has 0 aliphatic heterocycles. The van der Waals surface area contributed by atoms with Gasteiger partial charge < -0.3 is 14.8 Å². The second kappa shape index (κ2) is 8.94. The summed E-state index contributed by atoms with van der Waals surface area (Å²) < 4.78 is 10.3. The fraction of sp³-hybridized carbons (Fsp3) is 0.176. The quantitative estimate of drug-likeness (QED) is 0.717. The van der Waals surface area contributed by atoms with Gasteiger partial charge in [-0.3, -0.25) is 4.79 Å². The van der Waals surface area contributed by atoms with Crippen molar-refractivity contribution in [3.05, 3.63) is 57.5 Å². The highest BCUT2D eigenvalue weighted by Crippen LogP contribution is 2.22.